The number of aromatic nitrogens is 3. The Hall–Kier alpha value is -8.41. The average molecular weight is 847 g/mol. The largest absolute Gasteiger partial charge is 0.456 e. The Kier molecular flexibility index (Phi) is 8.56. The lowest BCUT2D eigenvalue weighted by Gasteiger charge is -2.28. The van der Waals surface area contributed by atoms with Crippen molar-refractivity contribution in [2.24, 2.45) is 0 Å². The van der Waals surface area contributed by atoms with Gasteiger partial charge in [-0.25, -0.2) is 15.0 Å². The topological polar surface area (TPSA) is 55.1 Å². The Balaban J connectivity index is 0.920. The monoisotopic (exact) mass is 846 g/mol. The first-order valence-electron chi connectivity index (χ1n) is 22.6. The van der Waals surface area contributed by atoms with Crippen LogP contribution in [-0.2, 0) is 11.8 Å². The Morgan fingerprint density at radius 3 is 1.76 bits per heavy atom. The van der Waals surface area contributed by atoms with Gasteiger partial charge in [0.15, 0.2) is 17.5 Å². The molecule has 2 heterocycles. The number of fused-ring (bicyclic) bond motifs is 9. The lowest BCUT2D eigenvalue weighted by Crippen LogP contribution is -2.16. The molecular weight excluding hydrogens is 805 g/mol. The molecule has 0 N–H and O–H groups in total. The van der Waals surface area contributed by atoms with Gasteiger partial charge in [-0.2, -0.15) is 0 Å². The summed E-state index contributed by atoms with van der Waals surface area (Å²) in [4.78, 5) is 17.6. The highest BCUT2D eigenvalue weighted by molar-refractivity contribution is 6.13. The van der Waals surface area contributed by atoms with Crippen molar-refractivity contribution in [1.82, 2.24) is 15.0 Å². The summed E-state index contributed by atoms with van der Waals surface area (Å²) in [5.74, 6) is 1.84. The van der Waals surface area contributed by atoms with Crippen molar-refractivity contribution in [1.29, 1.82) is 0 Å². The molecule has 11 aromatic rings. The van der Waals surface area contributed by atoms with E-state index >= 15 is 0 Å². The fraction of sp³-hybridized carbons (Fsp3) is 0.0656. The molecule has 0 unspecified atom stereocenters. The van der Waals surface area contributed by atoms with Gasteiger partial charge in [-0.3, -0.25) is 0 Å². The van der Waals surface area contributed by atoms with Crippen LogP contribution in [0.2, 0.25) is 0 Å². The van der Waals surface area contributed by atoms with Gasteiger partial charge in [0.2, 0.25) is 0 Å². The maximum atomic E-state index is 6.53. The third-order valence-electron chi connectivity index (χ3n) is 13.8. The number of anilines is 3. The maximum absolute atomic E-state index is 6.53. The molecule has 13 rings (SSSR count). The number of hydrogen-bond acceptors (Lipinski definition) is 5. The zero-order valence-corrected chi connectivity index (χ0v) is 36.5. The predicted octanol–water partition coefficient (Wildman–Crippen LogP) is 15.8. The van der Waals surface area contributed by atoms with Crippen LogP contribution in [0.4, 0.5) is 17.1 Å². The lowest BCUT2D eigenvalue weighted by molar-refractivity contribution is 0.660. The number of hydrogen-bond donors (Lipinski definition) is 0. The van der Waals surface area contributed by atoms with E-state index in [1.807, 2.05) is 72.8 Å². The molecule has 0 radical (unpaired) electrons. The minimum Gasteiger partial charge on any atom is -0.456 e. The zero-order chi connectivity index (χ0) is 43.9. The van der Waals surface area contributed by atoms with Gasteiger partial charge in [0.05, 0.1) is 0 Å². The summed E-state index contributed by atoms with van der Waals surface area (Å²) in [6, 6.07) is 73.5. The van der Waals surface area contributed by atoms with Crippen LogP contribution in [0.15, 0.2) is 211 Å². The van der Waals surface area contributed by atoms with Gasteiger partial charge in [-0.1, -0.05) is 166 Å². The van der Waals surface area contributed by atoms with Gasteiger partial charge >= 0.3 is 0 Å². The Morgan fingerprint density at radius 2 is 0.985 bits per heavy atom. The van der Waals surface area contributed by atoms with E-state index in [0.29, 0.717) is 17.5 Å². The van der Waals surface area contributed by atoms with Crippen molar-refractivity contribution in [2.45, 2.75) is 25.7 Å². The van der Waals surface area contributed by atoms with Crippen molar-refractivity contribution in [2.75, 3.05) is 4.90 Å². The highest BCUT2D eigenvalue weighted by Gasteiger charge is 2.36. The van der Waals surface area contributed by atoms with Gasteiger partial charge in [0, 0.05) is 49.9 Å². The van der Waals surface area contributed by atoms with E-state index in [2.05, 4.69) is 152 Å². The van der Waals surface area contributed by atoms with Gasteiger partial charge in [-0.15, -0.1) is 0 Å². The van der Waals surface area contributed by atoms with E-state index in [0.717, 1.165) is 73.2 Å². The van der Waals surface area contributed by atoms with Crippen LogP contribution in [0.1, 0.15) is 36.1 Å². The molecule has 5 heteroatoms. The molecule has 0 bridgehead atoms. The second-order valence-electron chi connectivity index (χ2n) is 18.0. The molecule has 9 aromatic carbocycles. The molecule has 0 saturated carbocycles. The van der Waals surface area contributed by atoms with Crippen molar-refractivity contribution >= 4 is 39.0 Å². The zero-order valence-electron chi connectivity index (χ0n) is 36.5. The summed E-state index contributed by atoms with van der Waals surface area (Å²) in [5, 5.41) is 1.98. The molecule has 312 valence electrons. The summed E-state index contributed by atoms with van der Waals surface area (Å²) < 4.78 is 6.53. The molecule has 0 atom stereocenters. The van der Waals surface area contributed by atoms with Crippen LogP contribution in [0.3, 0.4) is 0 Å². The first-order chi connectivity index (χ1) is 32.4. The molecule has 0 spiro atoms. The van der Waals surface area contributed by atoms with E-state index < -0.39 is 0 Å². The van der Waals surface area contributed by atoms with Gasteiger partial charge in [0.1, 0.15) is 11.2 Å². The van der Waals surface area contributed by atoms with E-state index in [-0.39, 0.29) is 5.41 Å². The average Bonchev–Trinajstić information content (AvgIpc) is 4.01. The number of nitrogens with zero attached hydrogens (tertiary/aromatic N) is 4. The quantitative estimate of drug-likeness (QED) is 0.160. The van der Waals surface area contributed by atoms with Gasteiger partial charge in [0.25, 0.3) is 0 Å². The van der Waals surface area contributed by atoms with Gasteiger partial charge in [-0.05, 0) is 117 Å². The van der Waals surface area contributed by atoms with Crippen LogP contribution in [-0.4, -0.2) is 15.0 Å². The highest BCUT2D eigenvalue weighted by Crippen LogP contribution is 2.51. The van der Waals surface area contributed by atoms with E-state index in [4.69, 9.17) is 19.4 Å². The predicted molar refractivity (Wildman–Crippen MR) is 269 cm³/mol. The first kappa shape index (κ1) is 38.1. The molecule has 0 amide bonds. The molecule has 0 fully saturated rings. The lowest BCUT2D eigenvalue weighted by atomic mass is 9.82. The molecular formula is C61H42N4O. The number of rotatable bonds is 7. The molecule has 2 aliphatic carbocycles. The van der Waals surface area contributed by atoms with Crippen LogP contribution in [0, 0.1) is 0 Å². The Morgan fingerprint density at radius 1 is 0.394 bits per heavy atom. The van der Waals surface area contributed by atoms with Crippen molar-refractivity contribution in [3.8, 4) is 67.5 Å². The molecule has 0 aliphatic heterocycles. The fourth-order valence-electron chi connectivity index (χ4n) is 10.5. The molecule has 66 heavy (non-hydrogen) atoms. The molecule has 2 aliphatic rings. The highest BCUT2D eigenvalue weighted by atomic mass is 16.3. The molecule has 0 saturated heterocycles. The molecule has 2 aromatic heterocycles. The molecule has 5 nitrogen and oxygen atoms in total. The number of benzene rings is 9. The standard InChI is InChI=1S/C61H42N4O/c1-61(2)53-22-12-11-20-48(53)49-32-31-46(37-54(49)61)65(45-30-26-43-34-42-18-9-10-19-47(42)51(43)36-45)44-28-24-38(25-29-44)41-27-33-55-52(35-41)57-50(21-13-23-56(57)66-55)60-63-58(39-14-5-3-6-15-39)62-59(64-60)40-16-7-4-8-17-40/h3-33,35-37H,34H2,1-2H3. The van der Waals surface area contributed by atoms with E-state index in [9.17, 15) is 0 Å². The van der Waals surface area contributed by atoms with Crippen LogP contribution in [0.5, 0.6) is 0 Å². The second-order valence-corrected chi connectivity index (χ2v) is 18.0. The summed E-state index contributed by atoms with van der Waals surface area (Å²) in [7, 11) is 0. The SMILES string of the molecule is CC1(C)c2ccccc2-c2ccc(N(c3ccc(-c4ccc5oc6cccc(-c7nc(-c8ccccc8)nc(-c8ccccc8)n7)c6c5c4)cc3)c3ccc4c(c3)-c3ccccc3C4)cc21. The third-order valence-corrected chi connectivity index (χ3v) is 13.8. The minimum absolute atomic E-state index is 0.123. The maximum Gasteiger partial charge on any atom is 0.164 e. The van der Waals surface area contributed by atoms with Crippen LogP contribution in [0.25, 0.3) is 89.5 Å². The van der Waals surface area contributed by atoms with Crippen LogP contribution < -0.4 is 4.90 Å². The summed E-state index contributed by atoms with van der Waals surface area (Å²) in [6.07, 6.45) is 0.961. The third kappa shape index (κ3) is 6.12. The Bertz CT molecular complexity index is 3650. The second kappa shape index (κ2) is 14.8. The fourth-order valence-corrected chi connectivity index (χ4v) is 10.5. The summed E-state index contributed by atoms with van der Waals surface area (Å²) >= 11 is 0. The number of furan rings is 1. The first-order valence-corrected chi connectivity index (χ1v) is 22.6. The van der Waals surface area contributed by atoms with E-state index in [1.54, 1.807) is 0 Å². The van der Waals surface area contributed by atoms with Gasteiger partial charge < -0.3 is 9.32 Å². The van der Waals surface area contributed by atoms with Crippen molar-refractivity contribution in [3.05, 3.63) is 229 Å². The Labute approximate surface area is 383 Å². The van der Waals surface area contributed by atoms with Crippen LogP contribution >= 0.6 is 0 Å². The smallest absolute Gasteiger partial charge is 0.164 e. The van der Waals surface area contributed by atoms with Crippen molar-refractivity contribution < 1.29 is 4.42 Å². The minimum atomic E-state index is -0.123. The summed E-state index contributed by atoms with van der Waals surface area (Å²) in [6.45, 7) is 4.70. The normalized spacial score (nSPS) is 13.1. The van der Waals surface area contributed by atoms with Crippen molar-refractivity contribution in [3.63, 3.8) is 0 Å². The summed E-state index contributed by atoms with van der Waals surface area (Å²) in [5.41, 5.74) is 20.5. The van der Waals surface area contributed by atoms with E-state index in [1.165, 1.54) is 44.5 Å².